The fraction of sp³-hybridized carbons (Fsp3) is 0.0667. The van der Waals surface area contributed by atoms with Crippen molar-refractivity contribution in [2.75, 3.05) is 5.32 Å². The molecule has 0 atom stereocenters. The Hall–Kier alpha value is -2.82. The lowest BCUT2D eigenvalue weighted by atomic mass is 10.1. The predicted octanol–water partition coefficient (Wildman–Crippen LogP) is 2.10. The van der Waals surface area contributed by atoms with Crippen molar-refractivity contribution in [2.24, 2.45) is 5.73 Å². The van der Waals surface area contributed by atoms with Crippen LogP contribution in [0, 0.1) is 0 Å². The van der Waals surface area contributed by atoms with Crippen molar-refractivity contribution < 1.29 is 14.7 Å². The third kappa shape index (κ3) is 3.35. The SMILES string of the molecule is NC(=O)c1ccc(CNc2ccc(C(=O)O)cc2)cc1. The first kappa shape index (κ1) is 13.6. The van der Waals surface area contributed by atoms with E-state index in [0.717, 1.165) is 11.3 Å². The number of aromatic carboxylic acids is 1. The second-order valence-corrected chi connectivity index (χ2v) is 4.30. The van der Waals surface area contributed by atoms with E-state index in [1.54, 1.807) is 36.4 Å². The minimum Gasteiger partial charge on any atom is -0.478 e. The van der Waals surface area contributed by atoms with Crippen molar-refractivity contribution in [3.05, 3.63) is 65.2 Å². The number of hydrogen-bond acceptors (Lipinski definition) is 3. The Balaban J connectivity index is 1.97. The van der Waals surface area contributed by atoms with Crippen LogP contribution in [0.2, 0.25) is 0 Å². The number of hydrogen-bond donors (Lipinski definition) is 3. The second-order valence-electron chi connectivity index (χ2n) is 4.30. The first-order valence-corrected chi connectivity index (χ1v) is 6.02. The van der Waals surface area contributed by atoms with Crippen molar-refractivity contribution in [3.63, 3.8) is 0 Å². The van der Waals surface area contributed by atoms with Crippen LogP contribution in [0.4, 0.5) is 5.69 Å². The second kappa shape index (κ2) is 5.88. The van der Waals surface area contributed by atoms with Crippen molar-refractivity contribution in [1.82, 2.24) is 0 Å². The van der Waals surface area contributed by atoms with Crippen LogP contribution >= 0.6 is 0 Å². The Bertz CT molecular complexity index is 561. The van der Waals surface area contributed by atoms with Gasteiger partial charge in [-0.05, 0) is 42.0 Å². The topological polar surface area (TPSA) is 92.4 Å². The molecule has 5 heteroatoms. The Morgan fingerprint density at radius 3 is 2.00 bits per heavy atom. The van der Waals surface area contributed by atoms with Crippen LogP contribution in [-0.4, -0.2) is 17.0 Å². The Kier molecular flexibility index (Phi) is 4.00. The van der Waals surface area contributed by atoms with Gasteiger partial charge in [0.05, 0.1) is 5.56 Å². The Morgan fingerprint density at radius 2 is 1.50 bits per heavy atom. The van der Waals surface area contributed by atoms with Gasteiger partial charge in [-0.15, -0.1) is 0 Å². The number of carboxylic acid groups (broad SMARTS) is 1. The summed E-state index contributed by atoms with van der Waals surface area (Å²) in [4.78, 5) is 21.7. The number of nitrogens with two attached hydrogens (primary N) is 1. The number of carbonyl (C=O) groups excluding carboxylic acids is 1. The normalized spacial score (nSPS) is 10.0. The van der Waals surface area contributed by atoms with Gasteiger partial charge in [0.1, 0.15) is 0 Å². The number of primary amides is 1. The standard InChI is InChI=1S/C15H14N2O3/c16-14(18)11-3-1-10(2-4-11)9-17-13-7-5-12(6-8-13)15(19)20/h1-8,17H,9H2,(H2,16,18)(H,19,20). The van der Waals surface area contributed by atoms with Gasteiger partial charge >= 0.3 is 5.97 Å². The lowest BCUT2D eigenvalue weighted by Crippen LogP contribution is -2.10. The van der Waals surface area contributed by atoms with E-state index in [2.05, 4.69) is 5.32 Å². The summed E-state index contributed by atoms with van der Waals surface area (Å²) in [6.07, 6.45) is 0. The average molecular weight is 270 g/mol. The van der Waals surface area contributed by atoms with Crippen LogP contribution in [0.25, 0.3) is 0 Å². The van der Waals surface area contributed by atoms with Crippen LogP contribution in [0.5, 0.6) is 0 Å². The van der Waals surface area contributed by atoms with Crippen molar-refractivity contribution in [3.8, 4) is 0 Å². The molecule has 0 saturated heterocycles. The minimum absolute atomic E-state index is 0.251. The molecule has 0 aliphatic rings. The molecular formula is C15H14N2O3. The number of amides is 1. The molecule has 1 amide bonds. The highest BCUT2D eigenvalue weighted by atomic mass is 16.4. The summed E-state index contributed by atoms with van der Waals surface area (Å²) >= 11 is 0. The maximum Gasteiger partial charge on any atom is 0.335 e. The van der Waals surface area contributed by atoms with Crippen molar-refractivity contribution >= 4 is 17.6 Å². The third-order valence-electron chi connectivity index (χ3n) is 2.87. The number of nitrogens with one attached hydrogen (secondary N) is 1. The van der Waals surface area contributed by atoms with Crippen LogP contribution < -0.4 is 11.1 Å². The largest absolute Gasteiger partial charge is 0.478 e. The van der Waals surface area contributed by atoms with Gasteiger partial charge in [-0.2, -0.15) is 0 Å². The number of benzene rings is 2. The third-order valence-corrected chi connectivity index (χ3v) is 2.87. The highest BCUT2D eigenvalue weighted by Gasteiger charge is 2.02. The zero-order valence-electron chi connectivity index (χ0n) is 10.7. The molecule has 0 fully saturated rings. The number of rotatable bonds is 5. The van der Waals surface area contributed by atoms with E-state index in [0.29, 0.717) is 12.1 Å². The van der Waals surface area contributed by atoms with Gasteiger partial charge in [0.25, 0.3) is 0 Å². The summed E-state index contributed by atoms with van der Waals surface area (Å²) in [5.74, 6) is -1.40. The quantitative estimate of drug-likeness (QED) is 0.775. The first-order chi connectivity index (χ1) is 9.56. The van der Waals surface area contributed by atoms with Gasteiger partial charge < -0.3 is 16.2 Å². The summed E-state index contributed by atoms with van der Waals surface area (Å²) in [6, 6.07) is 13.5. The van der Waals surface area contributed by atoms with E-state index in [1.165, 1.54) is 0 Å². The number of anilines is 1. The molecule has 2 aromatic carbocycles. The molecule has 0 bridgehead atoms. The monoisotopic (exact) mass is 270 g/mol. The van der Waals surface area contributed by atoms with Gasteiger partial charge in [0.2, 0.25) is 5.91 Å². The fourth-order valence-corrected chi connectivity index (χ4v) is 1.72. The average Bonchev–Trinajstić information content (AvgIpc) is 2.46. The molecule has 4 N–H and O–H groups in total. The lowest BCUT2D eigenvalue weighted by molar-refractivity contribution is 0.0696. The van der Waals surface area contributed by atoms with Crippen LogP contribution in [0.3, 0.4) is 0 Å². The molecule has 2 rings (SSSR count). The van der Waals surface area contributed by atoms with Crippen molar-refractivity contribution in [2.45, 2.75) is 6.54 Å². The van der Waals surface area contributed by atoms with Crippen molar-refractivity contribution in [1.29, 1.82) is 0 Å². The summed E-state index contributed by atoms with van der Waals surface area (Å²) < 4.78 is 0. The first-order valence-electron chi connectivity index (χ1n) is 6.02. The Morgan fingerprint density at radius 1 is 0.950 bits per heavy atom. The number of carbonyl (C=O) groups is 2. The van der Waals surface area contributed by atoms with E-state index < -0.39 is 11.9 Å². The van der Waals surface area contributed by atoms with E-state index >= 15 is 0 Å². The molecule has 0 aliphatic heterocycles. The van der Waals surface area contributed by atoms with E-state index in [-0.39, 0.29) is 5.56 Å². The predicted molar refractivity (Wildman–Crippen MR) is 75.7 cm³/mol. The zero-order valence-corrected chi connectivity index (χ0v) is 10.7. The molecule has 5 nitrogen and oxygen atoms in total. The summed E-state index contributed by atoms with van der Waals surface area (Å²) in [5, 5.41) is 12.0. The smallest absolute Gasteiger partial charge is 0.335 e. The maximum atomic E-state index is 10.9. The molecule has 0 saturated carbocycles. The van der Waals surface area contributed by atoms with Gasteiger partial charge in [-0.3, -0.25) is 4.79 Å². The van der Waals surface area contributed by atoms with E-state index in [1.807, 2.05) is 12.1 Å². The van der Waals surface area contributed by atoms with E-state index in [4.69, 9.17) is 10.8 Å². The lowest BCUT2D eigenvalue weighted by Gasteiger charge is -2.07. The summed E-state index contributed by atoms with van der Waals surface area (Å²) in [5.41, 5.74) is 7.71. The molecule has 0 unspecified atom stereocenters. The van der Waals surface area contributed by atoms with Gasteiger partial charge in [-0.1, -0.05) is 12.1 Å². The highest BCUT2D eigenvalue weighted by Crippen LogP contribution is 2.12. The van der Waals surface area contributed by atoms with Gasteiger partial charge in [0, 0.05) is 17.8 Å². The molecule has 0 aliphatic carbocycles. The molecule has 0 aromatic heterocycles. The van der Waals surface area contributed by atoms with Gasteiger partial charge in [-0.25, -0.2) is 4.79 Å². The highest BCUT2D eigenvalue weighted by molar-refractivity contribution is 5.92. The van der Waals surface area contributed by atoms with Crippen LogP contribution in [0.15, 0.2) is 48.5 Å². The minimum atomic E-state index is -0.946. The van der Waals surface area contributed by atoms with E-state index in [9.17, 15) is 9.59 Å². The van der Waals surface area contributed by atoms with Gasteiger partial charge in [0.15, 0.2) is 0 Å². The van der Waals surface area contributed by atoms with Crippen LogP contribution in [0.1, 0.15) is 26.3 Å². The number of carboxylic acids is 1. The summed E-state index contributed by atoms with van der Waals surface area (Å²) in [7, 11) is 0. The fourth-order valence-electron chi connectivity index (χ4n) is 1.72. The molecule has 2 aromatic rings. The molecule has 0 heterocycles. The molecule has 0 spiro atoms. The summed E-state index contributed by atoms with van der Waals surface area (Å²) in [6.45, 7) is 0.575. The zero-order chi connectivity index (χ0) is 14.5. The molecule has 0 radical (unpaired) electrons. The molecule has 20 heavy (non-hydrogen) atoms. The van der Waals surface area contributed by atoms with Crippen LogP contribution in [-0.2, 0) is 6.54 Å². The Labute approximate surface area is 116 Å². The maximum absolute atomic E-state index is 10.9. The molecule has 102 valence electrons. The molecular weight excluding hydrogens is 256 g/mol.